The van der Waals surface area contributed by atoms with Crippen LogP contribution in [0.15, 0.2) is 29.2 Å². The van der Waals surface area contributed by atoms with Crippen LogP contribution in [0.1, 0.15) is 25.7 Å². The summed E-state index contributed by atoms with van der Waals surface area (Å²) < 4.78 is 26.9. The Morgan fingerprint density at radius 2 is 1.58 bits per heavy atom. The molecule has 1 N–H and O–H groups in total. The highest BCUT2D eigenvalue weighted by Gasteiger charge is 2.33. The van der Waals surface area contributed by atoms with Gasteiger partial charge in [-0.15, -0.1) is 0 Å². The zero-order valence-corrected chi connectivity index (χ0v) is 15.3. The third-order valence-corrected chi connectivity index (χ3v) is 6.77. The van der Waals surface area contributed by atoms with Crippen LogP contribution in [-0.4, -0.2) is 50.6 Å². The average Bonchev–Trinajstić information content (AvgIpc) is 2.99. The first-order valence-corrected chi connectivity index (χ1v) is 9.96. The lowest BCUT2D eigenvalue weighted by Gasteiger charge is -2.30. The van der Waals surface area contributed by atoms with Crippen molar-refractivity contribution in [3.63, 3.8) is 0 Å². The molecule has 3 rings (SSSR count). The lowest BCUT2D eigenvalue weighted by molar-refractivity contribution is -0.125. The first-order chi connectivity index (χ1) is 12.3. The Balaban J connectivity index is 1.73. The van der Waals surface area contributed by atoms with Gasteiger partial charge in [-0.3, -0.25) is 19.3 Å². The normalized spacial score (nSPS) is 19.8. The molecular formula is C17H21N3O5S. The van der Waals surface area contributed by atoms with Crippen LogP contribution in [-0.2, 0) is 24.4 Å². The number of carbonyl (C=O) groups is 3. The van der Waals surface area contributed by atoms with E-state index in [-0.39, 0.29) is 54.5 Å². The summed E-state index contributed by atoms with van der Waals surface area (Å²) in [5, 5.41) is 2.59. The molecule has 1 aromatic carbocycles. The van der Waals surface area contributed by atoms with Gasteiger partial charge in [0.15, 0.2) is 0 Å². The molecule has 3 amide bonds. The number of amides is 3. The lowest BCUT2D eigenvalue weighted by atomic mass is 9.97. The summed E-state index contributed by atoms with van der Waals surface area (Å²) in [5.74, 6) is -0.781. The number of sulfonamides is 1. The molecule has 1 aromatic rings. The van der Waals surface area contributed by atoms with Crippen molar-refractivity contribution in [2.24, 2.45) is 5.92 Å². The second-order valence-corrected chi connectivity index (χ2v) is 8.35. The molecule has 0 aliphatic carbocycles. The smallest absolute Gasteiger partial charge is 0.243 e. The monoisotopic (exact) mass is 379 g/mol. The molecule has 2 aliphatic heterocycles. The van der Waals surface area contributed by atoms with Crippen LogP contribution in [0.4, 0.5) is 5.69 Å². The van der Waals surface area contributed by atoms with Crippen LogP contribution < -0.4 is 10.2 Å². The molecule has 0 saturated carbocycles. The number of hydrogen-bond donors (Lipinski definition) is 1. The van der Waals surface area contributed by atoms with Crippen LogP contribution in [0, 0.1) is 5.92 Å². The van der Waals surface area contributed by atoms with Gasteiger partial charge in [-0.05, 0) is 37.1 Å². The summed E-state index contributed by atoms with van der Waals surface area (Å²) in [6.45, 7) is 0.566. The second kappa shape index (κ2) is 7.16. The number of hydrogen-bond acceptors (Lipinski definition) is 5. The highest BCUT2D eigenvalue weighted by atomic mass is 32.2. The van der Waals surface area contributed by atoms with Crippen molar-refractivity contribution in [2.45, 2.75) is 30.6 Å². The molecule has 26 heavy (non-hydrogen) atoms. The number of anilines is 1. The van der Waals surface area contributed by atoms with Crippen LogP contribution in [0.25, 0.3) is 0 Å². The number of nitrogens with one attached hydrogen (secondary N) is 1. The number of nitrogens with zero attached hydrogens (tertiary/aromatic N) is 2. The van der Waals surface area contributed by atoms with Gasteiger partial charge in [0, 0.05) is 38.9 Å². The van der Waals surface area contributed by atoms with Gasteiger partial charge in [0.1, 0.15) is 0 Å². The van der Waals surface area contributed by atoms with Crippen molar-refractivity contribution in [1.82, 2.24) is 9.62 Å². The summed E-state index contributed by atoms with van der Waals surface area (Å²) in [6.07, 6.45) is 1.32. The summed E-state index contributed by atoms with van der Waals surface area (Å²) in [5.41, 5.74) is 0.384. The first kappa shape index (κ1) is 18.5. The number of piperidine rings is 1. The molecule has 0 aromatic heterocycles. The van der Waals surface area contributed by atoms with E-state index in [4.69, 9.17) is 0 Å². The van der Waals surface area contributed by atoms with Crippen molar-refractivity contribution < 1.29 is 22.8 Å². The van der Waals surface area contributed by atoms with Gasteiger partial charge in [0.05, 0.1) is 10.6 Å². The summed E-state index contributed by atoms with van der Waals surface area (Å²) in [4.78, 5) is 36.4. The van der Waals surface area contributed by atoms with Crippen molar-refractivity contribution in [2.75, 3.05) is 25.0 Å². The zero-order chi connectivity index (χ0) is 18.9. The van der Waals surface area contributed by atoms with Gasteiger partial charge >= 0.3 is 0 Å². The molecule has 140 valence electrons. The Hall–Kier alpha value is -2.26. The Bertz CT molecular complexity index is 810. The van der Waals surface area contributed by atoms with Gasteiger partial charge in [-0.1, -0.05) is 0 Å². The first-order valence-electron chi connectivity index (χ1n) is 8.52. The molecule has 0 spiro atoms. The molecule has 2 aliphatic rings. The molecule has 0 bridgehead atoms. The third-order valence-electron chi connectivity index (χ3n) is 4.86. The van der Waals surface area contributed by atoms with Crippen molar-refractivity contribution in [1.29, 1.82) is 0 Å². The van der Waals surface area contributed by atoms with E-state index in [9.17, 15) is 22.8 Å². The molecule has 2 saturated heterocycles. The van der Waals surface area contributed by atoms with E-state index >= 15 is 0 Å². The van der Waals surface area contributed by atoms with E-state index in [0.717, 1.165) is 4.90 Å². The standard InChI is InChI=1S/C17H21N3O5S/c1-18-17(23)12-8-10-19(11-9-12)26(24,25)14-4-2-13(3-5-14)20-15(21)6-7-16(20)22/h2-5,12H,6-11H2,1H3,(H,18,23). The molecule has 0 unspecified atom stereocenters. The van der Waals surface area contributed by atoms with Crippen LogP contribution >= 0.6 is 0 Å². The highest BCUT2D eigenvalue weighted by Crippen LogP contribution is 2.27. The fourth-order valence-corrected chi connectivity index (χ4v) is 4.81. The minimum absolute atomic E-state index is 0.0636. The summed E-state index contributed by atoms with van der Waals surface area (Å²) >= 11 is 0. The fraction of sp³-hybridized carbons (Fsp3) is 0.471. The Morgan fingerprint density at radius 1 is 1.04 bits per heavy atom. The molecular weight excluding hydrogens is 358 g/mol. The molecule has 2 fully saturated rings. The van der Waals surface area contributed by atoms with E-state index in [2.05, 4.69) is 5.32 Å². The average molecular weight is 379 g/mol. The van der Waals surface area contributed by atoms with E-state index in [1.165, 1.54) is 28.6 Å². The maximum absolute atomic E-state index is 12.8. The van der Waals surface area contributed by atoms with Crippen molar-refractivity contribution >= 4 is 33.4 Å². The number of benzene rings is 1. The predicted molar refractivity (Wildman–Crippen MR) is 93.7 cm³/mol. The third kappa shape index (κ3) is 3.36. The maximum Gasteiger partial charge on any atom is 0.243 e. The predicted octanol–water partition coefficient (Wildman–Crippen LogP) is 0.487. The quantitative estimate of drug-likeness (QED) is 0.767. The lowest BCUT2D eigenvalue weighted by Crippen LogP contribution is -2.42. The van der Waals surface area contributed by atoms with E-state index < -0.39 is 10.0 Å². The number of carbonyl (C=O) groups excluding carboxylic acids is 3. The molecule has 9 heteroatoms. The molecule has 0 atom stereocenters. The maximum atomic E-state index is 12.8. The molecule has 2 heterocycles. The van der Waals surface area contributed by atoms with Gasteiger partial charge in [-0.25, -0.2) is 8.42 Å². The van der Waals surface area contributed by atoms with Crippen LogP contribution in [0.3, 0.4) is 0 Å². The van der Waals surface area contributed by atoms with E-state index in [1.54, 1.807) is 7.05 Å². The Labute approximate surface area is 152 Å². The molecule has 0 radical (unpaired) electrons. The largest absolute Gasteiger partial charge is 0.359 e. The van der Waals surface area contributed by atoms with Gasteiger partial charge < -0.3 is 5.32 Å². The Kier molecular flexibility index (Phi) is 5.10. The molecule has 8 nitrogen and oxygen atoms in total. The SMILES string of the molecule is CNC(=O)C1CCN(S(=O)(=O)c2ccc(N3C(=O)CCC3=O)cc2)CC1. The Morgan fingerprint density at radius 3 is 2.08 bits per heavy atom. The van der Waals surface area contributed by atoms with Gasteiger partial charge in [0.2, 0.25) is 27.7 Å². The van der Waals surface area contributed by atoms with E-state index in [1.807, 2.05) is 0 Å². The minimum atomic E-state index is -3.67. The van der Waals surface area contributed by atoms with Crippen LogP contribution in [0.5, 0.6) is 0 Å². The highest BCUT2D eigenvalue weighted by molar-refractivity contribution is 7.89. The summed E-state index contributed by atoms with van der Waals surface area (Å²) in [7, 11) is -2.10. The zero-order valence-electron chi connectivity index (χ0n) is 14.5. The second-order valence-electron chi connectivity index (χ2n) is 6.41. The number of rotatable bonds is 4. The fourth-order valence-electron chi connectivity index (χ4n) is 3.34. The summed E-state index contributed by atoms with van der Waals surface area (Å²) in [6, 6.07) is 5.78. The number of imide groups is 1. The van der Waals surface area contributed by atoms with Gasteiger partial charge in [0.25, 0.3) is 0 Å². The van der Waals surface area contributed by atoms with E-state index in [0.29, 0.717) is 18.5 Å². The van der Waals surface area contributed by atoms with Crippen molar-refractivity contribution in [3.8, 4) is 0 Å². The van der Waals surface area contributed by atoms with Crippen molar-refractivity contribution in [3.05, 3.63) is 24.3 Å². The van der Waals surface area contributed by atoms with Gasteiger partial charge in [-0.2, -0.15) is 4.31 Å². The minimum Gasteiger partial charge on any atom is -0.359 e. The van der Waals surface area contributed by atoms with Crippen LogP contribution in [0.2, 0.25) is 0 Å². The topological polar surface area (TPSA) is 104 Å².